The second-order valence-electron chi connectivity index (χ2n) is 8.81. The maximum atomic E-state index is 13.8. The van der Waals surface area contributed by atoms with E-state index in [1.165, 1.54) is 10.4 Å². The van der Waals surface area contributed by atoms with Gasteiger partial charge in [0.15, 0.2) is 0 Å². The number of sulfonamides is 1. The summed E-state index contributed by atoms with van der Waals surface area (Å²) >= 11 is 5.65. The average molecular weight is 517 g/mol. The Morgan fingerprint density at radius 3 is 2.21 bits per heavy atom. The van der Waals surface area contributed by atoms with Crippen LogP contribution < -0.4 is 5.32 Å². The first-order valence-corrected chi connectivity index (χ1v) is 12.9. The summed E-state index contributed by atoms with van der Waals surface area (Å²) in [4.78, 5) is 13.1. The monoisotopic (exact) mass is 516 g/mol. The van der Waals surface area contributed by atoms with Gasteiger partial charge in [-0.1, -0.05) is 48.6 Å². The molecule has 0 spiro atoms. The number of nitrogens with zero attached hydrogens (tertiary/aromatic N) is 1. The van der Waals surface area contributed by atoms with Gasteiger partial charge in [-0.25, -0.2) is 8.42 Å². The van der Waals surface area contributed by atoms with Crippen LogP contribution in [0.5, 0.6) is 0 Å². The van der Waals surface area contributed by atoms with E-state index >= 15 is 0 Å². The number of hydrogen-bond acceptors (Lipinski definition) is 3. The molecular weight excluding hydrogens is 489 g/mol. The van der Waals surface area contributed by atoms with Crippen molar-refractivity contribution in [2.75, 3.05) is 11.9 Å². The lowest BCUT2D eigenvalue weighted by atomic mass is 9.95. The van der Waals surface area contributed by atoms with Crippen molar-refractivity contribution >= 4 is 33.2 Å². The third-order valence-electron chi connectivity index (χ3n) is 6.01. The van der Waals surface area contributed by atoms with Crippen molar-refractivity contribution in [2.24, 2.45) is 0 Å². The van der Waals surface area contributed by atoms with Crippen molar-refractivity contribution in [1.82, 2.24) is 4.31 Å². The minimum absolute atomic E-state index is 0.106. The van der Waals surface area contributed by atoms with E-state index < -0.39 is 39.2 Å². The molecule has 10 heteroatoms. The summed E-state index contributed by atoms with van der Waals surface area (Å²) in [6.07, 6.45) is -0.766. The van der Waals surface area contributed by atoms with Crippen LogP contribution in [-0.4, -0.2) is 31.2 Å². The first-order chi connectivity index (χ1) is 15.8. The molecule has 1 aliphatic carbocycles. The molecule has 0 unspecified atom stereocenters. The largest absolute Gasteiger partial charge is 0.417 e. The van der Waals surface area contributed by atoms with E-state index in [-0.39, 0.29) is 16.6 Å². The second kappa shape index (κ2) is 10.3. The van der Waals surface area contributed by atoms with Gasteiger partial charge in [-0.2, -0.15) is 17.5 Å². The van der Waals surface area contributed by atoms with Crippen LogP contribution >= 0.6 is 11.6 Å². The zero-order chi connectivity index (χ0) is 25.3. The third-order valence-corrected chi connectivity index (χ3v) is 8.54. The molecule has 0 aromatic heterocycles. The Kier molecular flexibility index (Phi) is 7.99. The standard InChI is InChI=1S/C24H28ClF3N2O3S/c1-15-11-16(2)23(17(3)12-15)34(32,33)30(19-7-5-4-6-8-19)14-22(31)29-18-9-10-21(25)20(13-18)24(26,27)28/h9-13,19H,4-8,14H2,1-3H3,(H,29,31). The lowest BCUT2D eigenvalue weighted by molar-refractivity contribution is -0.137. The molecule has 0 bridgehead atoms. The lowest BCUT2D eigenvalue weighted by Gasteiger charge is -2.33. The highest BCUT2D eigenvalue weighted by molar-refractivity contribution is 7.89. The van der Waals surface area contributed by atoms with E-state index in [4.69, 9.17) is 11.6 Å². The molecule has 34 heavy (non-hydrogen) atoms. The average Bonchev–Trinajstić information content (AvgIpc) is 2.72. The second-order valence-corrected chi connectivity index (χ2v) is 11.0. The summed E-state index contributed by atoms with van der Waals surface area (Å²) in [6, 6.07) is 6.25. The predicted octanol–water partition coefficient (Wildman–Crippen LogP) is 6.25. The predicted molar refractivity (Wildman–Crippen MR) is 127 cm³/mol. The number of anilines is 1. The zero-order valence-corrected chi connectivity index (χ0v) is 20.9. The molecule has 0 heterocycles. The number of rotatable bonds is 6. The molecule has 0 aliphatic heterocycles. The Labute approximate surface area is 203 Å². The number of halogens is 4. The van der Waals surface area contributed by atoms with Gasteiger partial charge >= 0.3 is 6.18 Å². The number of alkyl halides is 3. The fourth-order valence-electron chi connectivity index (χ4n) is 4.63. The number of hydrogen-bond donors (Lipinski definition) is 1. The molecule has 1 N–H and O–H groups in total. The van der Waals surface area contributed by atoms with Gasteiger partial charge < -0.3 is 5.32 Å². The molecule has 186 valence electrons. The SMILES string of the molecule is Cc1cc(C)c(S(=O)(=O)N(CC(=O)Nc2ccc(Cl)c(C(F)(F)F)c2)C2CCCCC2)c(C)c1. The fraction of sp³-hybridized carbons (Fsp3) is 0.458. The molecule has 0 saturated heterocycles. The quantitative estimate of drug-likeness (QED) is 0.493. The van der Waals surface area contributed by atoms with E-state index in [1.54, 1.807) is 26.0 Å². The number of nitrogens with one attached hydrogen (secondary N) is 1. The van der Waals surface area contributed by atoms with Gasteiger partial charge in [0.2, 0.25) is 15.9 Å². The van der Waals surface area contributed by atoms with Crippen LogP contribution in [0.3, 0.4) is 0 Å². The minimum atomic E-state index is -4.68. The normalized spacial score (nSPS) is 15.5. The minimum Gasteiger partial charge on any atom is -0.325 e. The first kappa shape index (κ1) is 26.5. The Hall–Kier alpha value is -2.10. The first-order valence-electron chi connectivity index (χ1n) is 11.1. The number of amides is 1. The van der Waals surface area contributed by atoms with Crippen LogP contribution in [0.1, 0.15) is 54.4 Å². The topological polar surface area (TPSA) is 66.5 Å². The molecule has 0 atom stereocenters. The summed E-state index contributed by atoms with van der Waals surface area (Å²) in [5, 5.41) is 1.93. The summed E-state index contributed by atoms with van der Waals surface area (Å²) in [7, 11) is -4.03. The highest BCUT2D eigenvalue weighted by atomic mass is 35.5. The molecule has 1 aliphatic rings. The maximum Gasteiger partial charge on any atom is 0.417 e. The molecule has 1 saturated carbocycles. The summed E-state index contributed by atoms with van der Waals surface area (Å²) in [6.45, 7) is 4.82. The van der Waals surface area contributed by atoms with Gasteiger partial charge in [0.25, 0.3) is 0 Å². The molecule has 1 amide bonds. The van der Waals surface area contributed by atoms with Gasteiger partial charge in [0.05, 0.1) is 22.0 Å². The van der Waals surface area contributed by atoms with Gasteiger partial charge in [0.1, 0.15) is 0 Å². The van der Waals surface area contributed by atoms with Crippen LogP contribution in [-0.2, 0) is 21.0 Å². The smallest absolute Gasteiger partial charge is 0.325 e. The Balaban J connectivity index is 1.93. The van der Waals surface area contributed by atoms with Crippen molar-refractivity contribution < 1.29 is 26.4 Å². The maximum absolute atomic E-state index is 13.8. The van der Waals surface area contributed by atoms with Crippen LogP contribution in [0.15, 0.2) is 35.2 Å². The number of aryl methyl sites for hydroxylation is 3. The summed E-state index contributed by atoms with van der Waals surface area (Å²) in [5.41, 5.74) is 0.927. The molecule has 2 aromatic rings. The van der Waals surface area contributed by atoms with Crippen LogP contribution in [0.4, 0.5) is 18.9 Å². The molecular formula is C24H28ClF3N2O3S. The molecule has 5 nitrogen and oxygen atoms in total. The van der Waals surface area contributed by atoms with Crippen molar-refractivity contribution in [3.8, 4) is 0 Å². The Bertz CT molecular complexity index is 1150. The van der Waals surface area contributed by atoms with Gasteiger partial charge in [-0.05, 0) is 62.9 Å². The zero-order valence-electron chi connectivity index (χ0n) is 19.3. The molecule has 3 rings (SSSR count). The van der Waals surface area contributed by atoms with Crippen LogP contribution in [0.25, 0.3) is 0 Å². The highest BCUT2D eigenvalue weighted by Gasteiger charge is 2.36. The van der Waals surface area contributed by atoms with Crippen molar-refractivity contribution in [3.63, 3.8) is 0 Å². The van der Waals surface area contributed by atoms with Crippen molar-refractivity contribution in [1.29, 1.82) is 0 Å². The summed E-state index contributed by atoms with van der Waals surface area (Å²) < 4.78 is 68.3. The highest BCUT2D eigenvalue weighted by Crippen LogP contribution is 2.36. The number of carbonyl (C=O) groups excluding carboxylic acids is 1. The van der Waals surface area contributed by atoms with Gasteiger partial charge in [0, 0.05) is 11.7 Å². The van der Waals surface area contributed by atoms with E-state index in [2.05, 4.69) is 5.32 Å². The molecule has 1 fully saturated rings. The lowest BCUT2D eigenvalue weighted by Crippen LogP contribution is -2.46. The number of carbonyl (C=O) groups is 1. The van der Waals surface area contributed by atoms with Crippen molar-refractivity contribution in [3.05, 3.63) is 57.6 Å². The van der Waals surface area contributed by atoms with Crippen LogP contribution in [0.2, 0.25) is 5.02 Å². The third kappa shape index (κ3) is 5.93. The van der Waals surface area contributed by atoms with Gasteiger partial charge in [-0.15, -0.1) is 0 Å². The van der Waals surface area contributed by atoms with E-state index in [9.17, 15) is 26.4 Å². The van der Waals surface area contributed by atoms with E-state index in [1.807, 2.05) is 6.92 Å². The van der Waals surface area contributed by atoms with E-state index in [0.29, 0.717) is 24.0 Å². The van der Waals surface area contributed by atoms with E-state index in [0.717, 1.165) is 37.0 Å². The Morgan fingerprint density at radius 2 is 1.65 bits per heavy atom. The summed E-state index contributed by atoms with van der Waals surface area (Å²) in [5.74, 6) is -0.716. The van der Waals surface area contributed by atoms with Gasteiger partial charge in [-0.3, -0.25) is 4.79 Å². The Morgan fingerprint density at radius 1 is 1.06 bits per heavy atom. The van der Waals surface area contributed by atoms with Crippen LogP contribution in [0, 0.1) is 20.8 Å². The molecule has 0 radical (unpaired) electrons. The van der Waals surface area contributed by atoms with Crippen molar-refractivity contribution in [2.45, 2.75) is 70.0 Å². The molecule has 2 aromatic carbocycles. The fourth-order valence-corrected chi connectivity index (χ4v) is 6.91. The number of benzene rings is 2.